The molecule has 0 amide bonds. The van der Waals surface area contributed by atoms with Crippen LogP contribution >= 0.6 is 22.7 Å². The van der Waals surface area contributed by atoms with Crippen LogP contribution in [0.3, 0.4) is 0 Å². The Labute approximate surface area is 369 Å². The van der Waals surface area contributed by atoms with E-state index in [2.05, 4.69) is 150 Å². The highest BCUT2D eigenvalue weighted by Crippen LogP contribution is 2.51. The summed E-state index contributed by atoms with van der Waals surface area (Å²) in [6, 6.07) is 60.1. The van der Waals surface area contributed by atoms with E-state index in [0.717, 1.165) is 61.3 Å². The number of thiophene rings is 2. The second-order valence-electron chi connectivity index (χ2n) is 16.8. The topological polar surface area (TPSA) is 9.86 Å². The normalized spacial score (nSPS) is 12.3. The molecule has 0 radical (unpaired) electrons. The number of fused-ring (bicyclic) bond motifs is 14. The number of hydrogen-bond acceptors (Lipinski definition) is 2. The van der Waals surface area contributed by atoms with Gasteiger partial charge in [0.25, 0.3) is 0 Å². The minimum absolute atomic E-state index is 0.0110. The average Bonchev–Trinajstić information content (AvgIpc) is 4.06. The summed E-state index contributed by atoms with van der Waals surface area (Å²) in [6.07, 6.45) is 0. The van der Waals surface area contributed by atoms with Crippen LogP contribution in [-0.4, -0.2) is 9.13 Å². The number of rotatable bonds is 5. The summed E-state index contributed by atoms with van der Waals surface area (Å²) in [5.41, 5.74) is 11.3. The minimum atomic E-state index is -0.290. The van der Waals surface area contributed by atoms with Crippen molar-refractivity contribution in [1.82, 2.24) is 9.13 Å². The zero-order chi connectivity index (χ0) is 42.1. The number of halogens is 2. The van der Waals surface area contributed by atoms with E-state index in [4.69, 9.17) is 0 Å². The third-order valence-corrected chi connectivity index (χ3v) is 15.4. The molecule has 0 atom stereocenters. The molecule has 0 aliphatic heterocycles. The van der Waals surface area contributed by atoms with Crippen LogP contribution in [0.5, 0.6) is 0 Å². The first kappa shape index (κ1) is 36.5. The molecule has 0 saturated carbocycles. The standard InChI is InChI=1S/C57H36F2N2S2/c1-32(2)51-54(60-45-15-7-3-13-41(45)52-47(60)29-27-39-37-11-5-9-17-49(37)62-56(39)52)43(33-19-23-35(58)24-20-33)31-44(34-21-25-36(59)26-22-34)55(51)61-46-16-8-4-14-42(46)53-48(61)30-28-40-38-12-6-10-18-50(38)63-57(40)53/h3-32H,1-2H3. The summed E-state index contributed by atoms with van der Waals surface area (Å²) >= 11 is 3.69. The lowest BCUT2D eigenvalue weighted by molar-refractivity contribution is 0.627. The van der Waals surface area contributed by atoms with Crippen LogP contribution in [0.4, 0.5) is 8.78 Å². The molecule has 2 nitrogen and oxygen atoms in total. The first-order valence-electron chi connectivity index (χ1n) is 21.3. The molecule has 0 fully saturated rings. The van der Waals surface area contributed by atoms with Crippen molar-refractivity contribution in [3.05, 3.63) is 193 Å². The molecule has 0 bridgehead atoms. The van der Waals surface area contributed by atoms with Crippen molar-refractivity contribution in [3.63, 3.8) is 0 Å². The summed E-state index contributed by atoms with van der Waals surface area (Å²) in [4.78, 5) is 0. The molecule has 63 heavy (non-hydrogen) atoms. The minimum Gasteiger partial charge on any atom is -0.308 e. The lowest BCUT2D eigenvalue weighted by Crippen LogP contribution is -2.11. The quantitative estimate of drug-likeness (QED) is 0.163. The number of benzene rings is 9. The third kappa shape index (κ3) is 5.26. The Hall–Kier alpha value is -7.12. The molecule has 4 aromatic heterocycles. The van der Waals surface area contributed by atoms with Crippen molar-refractivity contribution >= 4 is 107 Å². The summed E-state index contributed by atoms with van der Waals surface area (Å²) in [7, 11) is 0. The maximum Gasteiger partial charge on any atom is 0.123 e. The summed E-state index contributed by atoms with van der Waals surface area (Å²) < 4.78 is 39.8. The van der Waals surface area contributed by atoms with E-state index in [-0.39, 0.29) is 17.6 Å². The van der Waals surface area contributed by atoms with Crippen LogP contribution in [0.2, 0.25) is 0 Å². The van der Waals surface area contributed by atoms with Crippen molar-refractivity contribution in [2.75, 3.05) is 0 Å². The number of para-hydroxylation sites is 2. The van der Waals surface area contributed by atoms with Gasteiger partial charge in [-0.05, 0) is 83.8 Å². The van der Waals surface area contributed by atoms with E-state index >= 15 is 0 Å². The van der Waals surface area contributed by atoms with Gasteiger partial charge in [0.2, 0.25) is 0 Å². The van der Waals surface area contributed by atoms with Gasteiger partial charge in [0, 0.05) is 78.6 Å². The van der Waals surface area contributed by atoms with E-state index in [1.54, 1.807) is 24.3 Å². The van der Waals surface area contributed by atoms with E-state index in [0.29, 0.717) is 0 Å². The van der Waals surface area contributed by atoms with Crippen LogP contribution in [0.15, 0.2) is 176 Å². The van der Waals surface area contributed by atoms with Crippen LogP contribution in [0.25, 0.3) is 118 Å². The molecule has 13 aromatic rings. The van der Waals surface area contributed by atoms with Crippen LogP contribution in [0.1, 0.15) is 25.3 Å². The third-order valence-electron chi connectivity index (χ3n) is 13.0. The van der Waals surface area contributed by atoms with Gasteiger partial charge in [-0.3, -0.25) is 0 Å². The Kier molecular flexibility index (Phi) is 7.94. The lowest BCUT2D eigenvalue weighted by Gasteiger charge is -2.28. The number of hydrogen-bond donors (Lipinski definition) is 0. The van der Waals surface area contributed by atoms with Gasteiger partial charge in [0.15, 0.2) is 0 Å². The van der Waals surface area contributed by atoms with Gasteiger partial charge in [0.1, 0.15) is 11.6 Å². The number of aromatic nitrogens is 2. The summed E-state index contributed by atoms with van der Waals surface area (Å²) in [5, 5.41) is 9.81. The molecule has 300 valence electrons. The summed E-state index contributed by atoms with van der Waals surface area (Å²) in [6.45, 7) is 4.56. The Bertz CT molecular complexity index is 3760. The molecule has 0 saturated heterocycles. The maximum atomic E-state index is 14.9. The van der Waals surface area contributed by atoms with Crippen molar-refractivity contribution in [2.24, 2.45) is 0 Å². The molecule has 9 aromatic carbocycles. The lowest BCUT2D eigenvalue weighted by atomic mass is 9.86. The van der Waals surface area contributed by atoms with E-state index in [1.807, 2.05) is 46.9 Å². The van der Waals surface area contributed by atoms with Crippen LogP contribution < -0.4 is 0 Å². The fraction of sp³-hybridized carbons (Fsp3) is 0.0526. The molecule has 6 heteroatoms. The average molecular weight is 851 g/mol. The van der Waals surface area contributed by atoms with Crippen molar-refractivity contribution in [3.8, 4) is 33.6 Å². The zero-order valence-corrected chi connectivity index (χ0v) is 35.9. The second kappa shape index (κ2) is 13.7. The van der Waals surface area contributed by atoms with E-state index in [1.165, 1.54) is 61.9 Å². The van der Waals surface area contributed by atoms with Crippen LogP contribution in [0, 0.1) is 11.6 Å². The van der Waals surface area contributed by atoms with Crippen molar-refractivity contribution in [1.29, 1.82) is 0 Å². The smallest absolute Gasteiger partial charge is 0.123 e. The van der Waals surface area contributed by atoms with Gasteiger partial charge in [0.05, 0.1) is 33.4 Å². The van der Waals surface area contributed by atoms with E-state index in [9.17, 15) is 8.78 Å². The van der Waals surface area contributed by atoms with Gasteiger partial charge in [-0.1, -0.05) is 123 Å². The SMILES string of the molecule is CC(C)c1c(-n2c3ccccc3c3c4sc5ccccc5c4ccc32)c(-c2ccc(F)cc2)cc(-c2ccc(F)cc2)c1-n1c2ccccc2c2c3sc4ccccc4c3ccc21. The maximum absolute atomic E-state index is 14.9. The molecule has 0 unspecified atom stereocenters. The Balaban J connectivity index is 1.26. The highest BCUT2D eigenvalue weighted by atomic mass is 32.1. The van der Waals surface area contributed by atoms with Crippen molar-refractivity contribution in [2.45, 2.75) is 19.8 Å². The molecule has 0 N–H and O–H groups in total. The predicted octanol–water partition coefficient (Wildman–Crippen LogP) is 17.4. The molecule has 13 rings (SSSR count). The molecule has 0 aliphatic carbocycles. The fourth-order valence-corrected chi connectivity index (χ4v) is 12.9. The van der Waals surface area contributed by atoms with Gasteiger partial charge < -0.3 is 9.13 Å². The first-order valence-corrected chi connectivity index (χ1v) is 23.0. The number of nitrogens with zero attached hydrogens (tertiary/aromatic N) is 2. The second-order valence-corrected chi connectivity index (χ2v) is 18.9. The summed E-state index contributed by atoms with van der Waals surface area (Å²) in [5.74, 6) is -0.591. The predicted molar refractivity (Wildman–Crippen MR) is 266 cm³/mol. The van der Waals surface area contributed by atoms with Gasteiger partial charge in [-0.15, -0.1) is 22.7 Å². The Morgan fingerprint density at radius 2 is 0.794 bits per heavy atom. The van der Waals surface area contributed by atoms with Gasteiger partial charge in [-0.2, -0.15) is 0 Å². The fourth-order valence-electron chi connectivity index (χ4n) is 10.4. The highest BCUT2D eigenvalue weighted by Gasteiger charge is 2.30. The zero-order valence-electron chi connectivity index (χ0n) is 34.3. The molecule has 0 spiro atoms. The molecular formula is C57H36F2N2S2. The molecular weight excluding hydrogens is 815 g/mol. The van der Waals surface area contributed by atoms with Gasteiger partial charge in [-0.25, -0.2) is 8.78 Å². The molecule has 4 heterocycles. The Morgan fingerprint density at radius 1 is 0.397 bits per heavy atom. The van der Waals surface area contributed by atoms with Crippen LogP contribution in [-0.2, 0) is 0 Å². The highest BCUT2D eigenvalue weighted by molar-refractivity contribution is 7.27. The largest absolute Gasteiger partial charge is 0.308 e. The monoisotopic (exact) mass is 850 g/mol. The Morgan fingerprint density at radius 3 is 1.22 bits per heavy atom. The van der Waals surface area contributed by atoms with Crippen molar-refractivity contribution < 1.29 is 8.78 Å². The molecule has 0 aliphatic rings. The van der Waals surface area contributed by atoms with E-state index < -0.39 is 0 Å². The first-order chi connectivity index (χ1) is 30.9. The van der Waals surface area contributed by atoms with Gasteiger partial charge >= 0.3 is 0 Å².